The number of piperazine rings is 1. The van der Waals surface area contributed by atoms with Gasteiger partial charge in [0, 0.05) is 45.8 Å². The van der Waals surface area contributed by atoms with Crippen molar-refractivity contribution in [3.63, 3.8) is 0 Å². The third-order valence-electron chi connectivity index (χ3n) is 7.55. The Morgan fingerprint density at radius 2 is 1.76 bits per heavy atom. The Morgan fingerprint density at radius 3 is 2.47 bits per heavy atom. The van der Waals surface area contributed by atoms with Gasteiger partial charge in [0.2, 0.25) is 0 Å². The van der Waals surface area contributed by atoms with Gasteiger partial charge in [0.05, 0.1) is 47.1 Å². The van der Waals surface area contributed by atoms with Crippen molar-refractivity contribution in [3.8, 4) is 5.69 Å². The van der Waals surface area contributed by atoms with Crippen LogP contribution in [0.2, 0.25) is 10.2 Å². The molecular formula is C28H32Cl2F3N9O3. The Bertz CT molecular complexity index is 1520. The first-order valence-corrected chi connectivity index (χ1v) is 15.1. The number of hydrogen-bond acceptors (Lipinski definition) is 9. The number of benzene rings is 1. The number of rotatable bonds is 9. The number of halogens is 5. The van der Waals surface area contributed by atoms with E-state index in [9.17, 15) is 22.8 Å². The Hall–Kier alpha value is -3.50. The topological polar surface area (TPSA) is 121 Å². The molecule has 0 unspecified atom stereocenters. The highest BCUT2D eigenvalue weighted by molar-refractivity contribution is 6.41. The number of likely N-dealkylation sites (N-methyl/N-ethyl adjacent to an activating group) is 1. The fourth-order valence-corrected chi connectivity index (χ4v) is 5.34. The molecule has 5 rings (SSSR count). The van der Waals surface area contributed by atoms with Gasteiger partial charge in [-0.05, 0) is 44.3 Å². The number of carbonyl (C=O) groups excluding carboxylic acids is 2. The number of nitrogens with one attached hydrogen (secondary N) is 2. The van der Waals surface area contributed by atoms with Crippen LogP contribution in [0.3, 0.4) is 0 Å². The lowest BCUT2D eigenvalue weighted by molar-refractivity contribution is -0.141. The van der Waals surface area contributed by atoms with Gasteiger partial charge in [-0.1, -0.05) is 28.4 Å². The molecule has 242 valence electrons. The van der Waals surface area contributed by atoms with Gasteiger partial charge in [-0.15, -0.1) is 5.10 Å². The van der Waals surface area contributed by atoms with Crippen molar-refractivity contribution < 1.29 is 27.5 Å². The summed E-state index contributed by atoms with van der Waals surface area (Å²) in [4.78, 5) is 35.8. The molecule has 17 heteroatoms. The predicted molar refractivity (Wildman–Crippen MR) is 162 cm³/mol. The molecule has 2 aliphatic rings. The number of pyridine rings is 1. The molecule has 12 nitrogen and oxygen atoms in total. The Balaban J connectivity index is 1.36. The highest BCUT2D eigenvalue weighted by Gasteiger charge is 2.38. The first-order valence-electron chi connectivity index (χ1n) is 14.3. The van der Waals surface area contributed by atoms with Crippen LogP contribution in [0.4, 0.5) is 24.5 Å². The molecule has 0 saturated carbocycles. The number of nitrogens with zero attached hydrogens (tertiary/aromatic N) is 7. The minimum Gasteiger partial charge on any atom is -0.379 e. The van der Waals surface area contributed by atoms with E-state index in [1.54, 1.807) is 18.2 Å². The fourth-order valence-electron chi connectivity index (χ4n) is 5.05. The number of alkyl halides is 3. The van der Waals surface area contributed by atoms with Gasteiger partial charge >= 0.3 is 6.18 Å². The van der Waals surface area contributed by atoms with Crippen LogP contribution in [0.5, 0.6) is 0 Å². The molecule has 2 N–H and O–H groups in total. The van der Waals surface area contributed by atoms with Gasteiger partial charge in [0.15, 0.2) is 11.4 Å². The average Bonchev–Trinajstić information content (AvgIpc) is 3.51. The lowest BCUT2D eigenvalue weighted by Crippen LogP contribution is -2.44. The van der Waals surface area contributed by atoms with Crippen LogP contribution in [0.25, 0.3) is 5.69 Å². The minimum atomic E-state index is -4.96. The van der Waals surface area contributed by atoms with E-state index in [4.69, 9.17) is 27.9 Å². The van der Waals surface area contributed by atoms with Crippen LogP contribution >= 0.6 is 23.2 Å². The van der Waals surface area contributed by atoms with Gasteiger partial charge in [-0.3, -0.25) is 14.5 Å². The molecular weight excluding hydrogens is 638 g/mol. The summed E-state index contributed by atoms with van der Waals surface area (Å²) in [5.41, 5.74) is -0.897. The second-order valence-corrected chi connectivity index (χ2v) is 11.5. The van der Waals surface area contributed by atoms with E-state index < -0.39 is 34.4 Å². The fraction of sp³-hybridized carbons (Fsp3) is 0.464. The average molecular weight is 671 g/mol. The van der Waals surface area contributed by atoms with Crippen LogP contribution in [0.1, 0.15) is 33.0 Å². The van der Waals surface area contributed by atoms with Crippen LogP contribution in [0, 0.1) is 0 Å². The van der Waals surface area contributed by atoms with Crippen LogP contribution in [-0.4, -0.2) is 114 Å². The number of aromatic nitrogens is 4. The summed E-state index contributed by atoms with van der Waals surface area (Å²) in [6, 6.07) is 5.87. The molecule has 1 aromatic carbocycles. The van der Waals surface area contributed by atoms with Crippen molar-refractivity contribution >= 4 is 46.4 Å². The second-order valence-electron chi connectivity index (χ2n) is 10.7. The summed E-state index contributed by atoms with van der Waals surface area (Å²) in [6.07, 6.45) is -2.75. The zero-order valence-corrected chi connectivity index (χ0v) is 25.9. The molecule has 0 atom stereocenters. The molecule has 2 fully saturated rings. The van der Waals surface area contributed by atoms with E-state index >= 15 is 0 Å². The SMILES string of the molecule is CN1CCN(c2ccc(-n3cc(C(=O)NCCCN4CCOCC4)nn3)cc2NC(=O)c2cc(Cl)c(Cl)nc2C(F)(F)F)CC1. The van der Waals surface area contributed by atoms with Crippen molar-refractivity contribution in [3.05, 3.63) is 57.6 Å². The van der Waals surface area contributed by atoms with E-state index in [-0.39, 0.29) is 16.4 Å². The molecule has 2 aliphatic heterocycles. The summed E-state index contributed by atoms with van der Waals surface area (Å²) in [5.74, 6) is -1.46. The molecule has 4 heterocycles. The van der Waals surface area contributed by atoms with E-state index in [2.05, 4.69) is 35.7 Å². The molecule has 0 bridgehead atoms. The lowest BCUT2D eigenvalue weighted by Gasteiger charge is -2.35. The summed E-state index contributed by atoms with van der Waals surface area (Å²) in [6.45, 7) is 7.20. The van der Waals surface area contributed by atoms with Gasteiger partial charge < -0.3 is 25.2 Å². The van der Waals surface area contributed by atoms with Crippen molar-refractivity contribution in [1.82, 2.24) is 35.1 Å². The summed E-state index contributed by atoms with van der Waals surface area (Å²) >= 11 is 11.7. The zero-order chi connectivity index (χ0) is 32.1. The van der Waals surface area contributed by atoms with Crippen LogP contribution < -0.4 is 15.5 Å². The monoisotopic (exact) mass is 669 g/mol. The summed E-state index contributed by atoms with van der Waals surface area (Å²) in [7, 11) is 1.99. The normalized spacial score (nSPS) is 16.5. The first-order chi connectivity index (χ1) is 21.5. The third kappa shape index (κ3) is 8.21. The highest BCUT2D eigenvalue weighted by Crippen LogP contribution is 2.36. The zero-order valence-electron chi connectivity index (χ0n) is 24.4. The number of ether oxygens (including phenoxy) is 1. The quantitative estimate of drug-likeness (QED) is 0.261. The number of morpholine rings is 1. The molecule has 2 amide bonds. The standard InChI is InChI=1S/C28H32Cl2F3N9O3/c1-39-7-9-41(10-8-39)23-4-3-18(15-21(23)35-26(43)19-16-20(29)25(30)36-24(19)28(31,32)33)42-17-22(37-38-42)27(44)34-5-2-6-40-11-13-45-14-12-40/h3-4,15-17H,2,5-14H2,1H3,(H,34,44)(H,35,43). The maximum atomic E-state index is 13.8. The number of amides is 2. The number of carbonyl (C=O) groups is 2. The van der Waals surface area contributed by atoms with Gasteiger partial charge in [-0.2, -0.15) is 13.2 Å². The van der Waals surface area contributed by atoms with E-state index in [1.807, 2.05) is 11.9 Å². The Labute approximate surface area is 267 Å². The maximum absolute atomic E-state index is 13.8. The summed E-state index contributed by atoms with van der Waals surface area (Å²) < 4.78 is 48.1. The molecule has 45 heavy (non-hydrogen) atoms. The van der Waals surface area contributed by atoms with Gasteiger partial charge in [0.1, 0.15) is 5.15 Å². The van der Waals surface area contributed by atoms with Crippen molar-refractivity contribution in [1.29, 1.82) is 0 Å². The van der Waals surface area contributed by atoms with Crippen LogP contribution in [-0.2, 0) is 10.9 Å². The third-order valence-corrected chi connectivity index (χ3v) is 8.22. The largest absolute Gasteiger partial charge is 0.434 e. The van der Waals surface area contributed by atoms with Gasteiger partial charge in [0.25, 0.3) is 11.8 Å². The van der Waals surface area contributed by atoms with E-state index in [0.717, 1.165) is 45.2 Å². The first kappa shape index (κ1) is 32.9. The number of anilines is 2. The molecule has 0 aliphatic carbocycles. The number of hydrogen-bond donors (Lipinski definition) is 2. The van der Waals surface area contributed by atoms with E-state index in [1.165, 1.54) is 10.9 Å². The molecule has 0 radical (unpaired) electrons. The van der Waals surface area contributed by atoms with Crippen molar-refractivity contribution in [2.75, 3.05) is 82.8 Å². The summed E-state index contributed by atoms with van der Waals surface area (Å²) in [5, 5.41) is 12.6. The van der Waals surface area contributed by atoms with Crippen molar-refractivity contribution in [2.45, 2.75) is 12.6 Å². The Morgan fingerprint density at radius 1 is 1.02 bits per heavy atom. The smallest absolute Gasteiger partial charge is 0.379 e. The minimum absolute atomic E-state index is 0.0896. The highest BCUT2D eigenvalue weighted by atomic mass is 35.5. The Kier molecular flexibility index (Phi) is 10.4. The van der Waals surface area contributed by atoms with Gasteiger partial charge in [-0.25, -0.2) is 9.67 Å². The van der Waals surface area contributed by atoms with Crippen molar-refractivity contribution in [2.24, 2.45) is 0 Å². The second kappa shape index (κ2) is 14.3. The molecule has 0 spiro atoms. The van der Waals surface area contributed by atoms with E-state index in [0.29, 0.717) is 44.2 Å². The molecule has 2 aromatic heterocycles. The van der Waals surface area contributed by atoms with Crippen LogP contribution in [0.15, 0.2) is 30.5 Å². The molecule has 2 saturated heterocycles. The predicted octanol–water partition coefficient (Wildman–Crippen LogP) is 3.44. The maximum Gasteiger partial charge on any atom is 0.434 e. The lowest BCUT2D eigenvalue weighted by atomic mass is 10.1. The molecule has 3 aromatic rings.